The number of hydrogen-bond acceptors (Lipinski definition) is 8. The first-order chi connectivity index (χ1) is 25.6. The number of likely N-dealkylation sites (tertiary alicyclic amines) is 1. The number of hydrogen-bond donors (Lipinski definition) is 3. The van der Waals surface area contributed by atoms with Crippen molar-refractivity contribution in [2.24, 2.45) is 7.05 Å². The predicted octanol–water partition coefficient (Wildman–Crippen LogP) is 5.21. The Hall–Kier alpha value is -4.75. The van der Waals surface area contributed by atoms with Crippen LogP contribution in [0.25, 0.3) is 39.0 Å². The molecule has 2 fully saturated rings. The SMILES string of the molecule is COc1nc(-c2cccc(-c3cccc(-c4cc5c(=O)n(C)c(CNC6CCN(C(C)=O)CC6)nn5c4)c3Cl)c2Cl)ccc1CNC[C@@H]1CCC(=O)N1. The zero-order chi connectivity index (χ0) is 37.2. The van der Waals surface area contributed by atoms with Gasteiger partial charge in [-0.15, -0.1) is 0 Å². The van der Waals surface area contributed by atoms with Crippen LogP contribution in [0.2, 0.25) is 10.0 Å². The molecule has 5 aromatic rings. The molecule has 2 amide bonds. The quantitative estimate of drug-likeness (QED) is 0.167. The number of carbonyl (C=O) groups is 2. The van der Waals surface area contributed by atoms with Gasteiger partial charge in [-0.3, -0.25) is 19.0 Å². The summed E-state index contributed by atoms with van der Waals surface area (Å²) < 4.78 is 8.85. The number of benzene rings is 2. The Morgan fingerprint density at radius 2 is 1.66 bits per heavy atom. The largest absolute Gasteiger partial charge is 0.481 e. The van der Waals surface area contributed by atoms with Crippen molar-refractivity contribution in [1.29, 1.82) is 0 Å². The molecule has 2 aliphatic heterocycles. The number of nitrogens with one attached hydrogen (secondary N) is 3. The van der Waals surface area contributed by atoms with Gasteiger partial charge in [-0.1, -0.05) is 65.7 Å². The fourth-order valence-electron chi connectivity index (χ4n) is 7.15. The van der Waals surface area contributed by atoms with Gasteiger partial charge in [0.15, 0.2) is 0 Å². The highest BCUT2D eigenvalue weighted by molar-refractivity contribution is 6.39. The van der Waals surface area contributed by atoms with E-state index < -0.39 is 0 Å². The number of aromatic nitrogens is 4. The molecule has 3 N–H and O–H groups in total. The topological polar surface area (TPSA) is 135 Å². The van der Waals surface area contributed by atoms with E-state index in [4.69, 9.17) is 38.0 Å². The molecule has 5 heterocycles. The maximum Gasteiger partial charge on any atom is 0.277 e. The second kappa shape index (κ2) is 15.7. The standard InChI is InChI=1S/C39H42Cl2N8O4/c1-23(50)48-16-14-26(15-17-48)43-21-34-46-49-22-25(18-33(49)39(52)47(34)2)28-6-4-7-29(36(28)40)30-8-5-9-31(37(30)41)32-12-10-24(38(45-32)53-3)19-42-20-27-11-13-35(51)44-27/h4-10,12,18,22,26-27,42-43H,11,13-17,19-21H2,1-3H3,(H,44,51)/t27-/m0/s1. The summed E-state index contributed by atoms with van der Waals surface area (Å²) in [4.78, 5) is 43.4. The van der Waals surface area contributed by atoms with E-state index in [0.717, 1.165) is 65.7 Å². The van der Waals surface area contributed by atoms with Gasteiger partial charge in [0.1, 0.15) is 11.3 Å². The molecule has 0 aliphatic carbocycles. The summed E-state index contributed by atoms with van der Waals surface area (Å²) >= 11 is 14.3. The molecule has 12 nitrogen and oxygen atoms in total. The third-order valence-corrected chi connectivity index (χ3v) is 11.0. The van der Waals surface area contributed by atoms with E-state index in [2.05, 4.69) is 16.0 Å². The molecule has 0 bridgehead atoms. The molecule has 0 saturated carbocycles. The van der Waals surface area contributed by atoms with Crippen LogP contribution in [0, 0.1) is 0 Å². The molecule has 7 rings (SSSR count). The van der Waals surface area contributed by atoms with Crippen molar-refractivity contribution in [2.75, 3.05) is 26.7 Å². The van der Waals surface area contributed by atoms with Crippen molar-refractivity contribution < 1.29 is 14.3 Å². The van der Waals surface area contributed by atoms with Gasteiger partial charge < -0.3 is 25.6 Å². The number of amides is 2. The lowest BCUT2D eigenvalue weighted by atomic mass is 9.97. The minimum Gasteiger partial charge on any atom is -0.481 e. The lowest BCUT2D eigenvalue weighted by Crippen LogP contribution is -2.44. The van der Waals surface area contributed by atoms with Crippen LogP contribution >= 0.6 is 23.2 Å². The van der Waals surface area contributed by atoms with Crippen LogP contribution in [0.5, 0.6) is 5.88 Å². The number of ether oxygens (including phenoxy) is 1. The van der Waals surface area contributed by atoms with Crippen LogP contribution < -0.4 is 26.2 Å². The monoisotopic (exact) mass is 756 g/mol. The predicted molar refractivity (Wildman–Crippen MR) is 206 cm³/mol. The normalized spacial score (nSPS) is 16.4. The number of carbonyl (C=O) groups excluding carboxylic acids is 2. The maximum atomic E-state index is 13.5. The molecule has 2 aromatic carbocycles. The number of pyridine rings is 1. The Bertz CT molecular complexity index is 2250. The highest BCUT2D eigenvalue weighted by Crippen LogP contribution is 2.42. The van der Waals surface area contributed by atoms with Gasteiger partial charge in [0.2, 0.25) is 17.7 Å². The Labute approximate surface area is 317 Å². The average Bonchev–Trinajstić information content (AvgIpc) is 3.79. The maximum absolute atomic E-state index is 13.5. The van der Waals surface area contributed by atoms with Gasteiger partial charge in [0.25, 0.3) is 5.56 Å². The van der Waals surface area contributed by atoms with Crippen LogP contribution in [0.3, 0.4) is 0 Å². The van der Waals surface area contributed by atoms with Gasteiger partial charge in [-0.05, 0) is 31.4 Å². The third kappa shape index (κ3) is 7.68. The molecule has 2 aliphatic rings. The van der Waals surface area contributed by atoms with E-state index >= 15 is 0 Å². The van der Waals surface area contributed by atoms with Crippen molar-refractivity contribution in [3.8, 4) is 39.4 Å². The summed E-state index contributed by atoms with van der Waals surface area (Å²) in [5.41, 5.74) is 5.51. The van der Waals surface area contributed by atoms with Crippen molar-refractivity contribution >= 4 is 40.5 Å². The molecule has 276 valence electrons. The zero-order valence-electron chi connectivity index (χ0n) is 29.9. The van der Waals surface area contributed by atoms with E-state index in [-0.39, 0.29) is 29.5 Å². The number of nitrogens with zero attached hydrogens (tertiary/aromatic N) is 5. The lowest BCUT2D eigenvalue weighted by Gasteiger charge is -2.31. The first kappa shape index (κ1) is 36.6. The van der Waals surface area contributed by atoms with Gasteiger partial charge in [0.05, 0.1) is 29.4 Å². The minimum atomic E-state index is -0.162. The van der Waals surface area contributed by atoms with Crippen molar-refractivity contribution in [2.45, 2.75) is 57.8 Å². The number of fused-ring (bicyclic) bond motifs is 1. The molecule has 3 aromatic heterocycles. The second-order valence-electron chi connectivity index (χ2n) is 13.6. The summed E-state index contributed by atoms with van der Waals surface area (Å²) in [5, 5.41) is 15.7. The molecule has 53 heavy (non-hydrogen) atoms. The summed E-state index contributed by atoms with van der Waals surface area (Å²) in [5.74, 6) is 1.29. The van der Waals surface area contributed by atoms with Crippen LogP contribution in [0.1, 0.15) is 44.0 Å². The second-order valence-corrected chi connectivity index (χ2v) is 14.4. The fraction of sp³-hybridized carbons (Fsp3) is 0.359. The number of piperidine rings is 1. The molecule has 1 atom stereocenters. The molecule has 0 radical (unpaired) electrons. The van der Waals surface area contributed by atoms with E-state index in [1.165, 1.54) is 0 Å². The first-order valence-corrected chi connectivity index (χ1v) is 18.6. The van der Waals surface area contributed by atoms with Crippen LogP contribution in [-0.4, -0.2) is 74.7 Å². The fourth-order valence-corrected chi connectivity index (χ4v) is 7.81. The Morgan fingerprint density at radius 3 is 2.34 bits per heavy atom. The summed E-state index contributed by atoms with van der Waals surface area (Å²) in [6.45, 7) is 4.67. The Balaban J connectivity index is 1.11. The zero-order valence-corrected chi connectivity index (χ0v) is 31.4. The van der Waals surface area contributed by atoms with Crippen LogP contribution in [-0.2, 0) is 29.7 Å². The number of halogens is 2. The number of rotatable bonds is 11. The van der Waals surface area contributed by atoms with Gasteiger partial charge >= 0.3 is 0 Å². The highest BCUT2D eigenvalue weighted by atomic mass is 35.5. The highest BCUT2D eigenvalue weighted by Gasteiger charge is 2.23. The molecule has 0 unspecified atom stereocenters. The van der Waals surface area contributed by atoms with Crippen LogP contribution in [0.15, 0.2) is 65.6 Å². The molecular weight excluding hydrogens is 715 g/mol. The first-order valence-electron chi connectivity index (χ1n) is 17.8. The summed E-state index contributed by atoms with van der Waals surface area (Å²) in [6, 6.07) is 17.6. The third-order valence-electron chi connectivity index (χ3n) is 10.2. The van der Waals surface area contributed by atoms with E-state index in [9.17, 15) is 14.4 Å². The molecule has 14 heteroatoms. The van der Waals surface area contributed by atoms with Gasteiger partial charge in [-0.25, -0.2) is 9.50 Å². The van der Waals surface area contributed by atoms with Gasteiger partial charge in [-0.2, -0.15) is 5.10 Å². The van der Waals surface area contributed by atoms with E-state index in [1.54, 1.807) is 30.2 Å². The van der Waals surface area contributed by atoms with Gasteiger partial charge in [0, 0.05) is 98.2 Å². The Kier molecular flexibility index (Phi) is 10.8. The average molecular weight is 758 g/mol. The number of methoxy groups -OCH3 is 1. The lowest BCUT2D eigenvalue weighted by molar-refractivity contribution is -0.130. The Morgan fingerprint density at radius 1 is 0.962 bits per heavy atom. The van der Waals surface area contributed by atoms with E-state index in [0.29, 0.717) is 59.0 Å². The minimum absolute atomic E-state index is 0.0916. The molecular formula is C39H42Cl2N8O4. The van der Waals surface area contributed by atoms with Crippen molar-refractivity contribution in [1.82, 2.24) is 40.0 Å². The summed E-state index contributed by atoms with van der Waals surface area (Å²) in [7, 11) is 3.32. The summed E-state index contributed by atoms with van der Waals surface area (Å²) in [6.07, 6.45) is 4.92. The molecule has 0 spiro atoms. The van der Waals surface area contributed by atoms with Crippen LogP contribution in [0.4, 0.5) is 0 Å². The van der Waals surface area contributed by atoms with Crippen molar-refractivity contribution in [3.05, 3.63) is 92.6 Å². The van der Waals surface area contributed by atoms with Crippen molar-refractivity contribution in [3.63, 3.8) is 0 Å². The van der Waals surface area contributed by atoms with E-state index in [1.807, 2.05) is 65.7 Å². The smallest absolute Gasteiger partial charge is 0.277 e. The molecule has 2 saturated heterocycles.